The Balaban J connectivity index is 1.95. The number of nitrogens with zero attached hydrogens (tertiary/aromatic N) is 2. The van der Waals surface area contributed by atoms with Gasteiger partial charge in [0.1, 0.15) is 11.6 Å². The summed E-state index contributed by atoms with van der Waals surface area (Å²) < 4.78 is 18.3. The minimum absolute atomic E-state index is 0.00888. The van der Waals surface area contributed by atoms with Gasteiger partial charge in [-0.3, -0.25) is 4.98 Å². The van der Waals surface area contributed by atoms with E-state index < -0.39 is 0 Å². The highest BCUT2D eigenvalue weighted by Gasteiger charge is 2.08. The lowest BCUT2D eigenvalue weighted by atomic mass is 10.1. The molecule has 5 heteroatoms. The van der Waals surface area contributed by atoms with E-state index in [4.69, 9.17) is 4.42 Å². The van der Waals surface area contributed by atoms with E-state index in [1.165, 1.54) is 12.3 Å². The Labute approximate surface area is 98.9 Å². The van der Waals surface area contributed by atoms with E-state index in [0.29, 0.717) is 12.4 Å². The van der Waals surface area contributed by atoms with E-state index >= 15 is 0 Å². The molecule has 17 heavy (non-hydrogen) atoms. The third-order valence-corrected chi connectivity index (χ3v) is 2.45. The quantitative estimate of drug-likeness (QED) is 0.883. The molecular weight excluding hydrogens is 221 g/mol. The van der Waals surface area contributed by atoms with Gasteiger partial charge in [0.2, 0.25) is 5.89 Å². The molecule has 0 aromatic carbocycles. The number of aryl methyl sites for hydroxylation is 1. The van der Waals surface area contributed by atoms with Crippen molar-refractivity contribution in [2.75, 3.05) is 0 Å². The second kappa shape index (κ2) is 5.05. The number of pyridine rings is 1. The standard InChI is InChI=1S/C12H14FN3O/c1-8-4-16-12(17-8)7-15-9(2)10-3-11(13)6-14-5-10/h3-6,9,15H,7H2,1-2H3. The highest BCUT2D eigenvalue weighted by atomic mass is 19.1. The van der Waals surface area contributed by atoms with Gasteiger partial charge < -0.3 is 9.73 Å². The van der Waals surface area contributed by atoms with Crippen LogP contribution < -0.4 is 5.32 Å². The van der Waals surface area contributed by atoms with Crippen LogP contribution >= 0.6 is 0 Å². The van der Waals surface area contributed by atoms with E-state index in [1.807, 2.05) is 13.8 Å². The number of aromatic nitrogens is 2. The average Bonchev–Trinajstić information content (AvgIpc) is 2.72. The van der Waals surface area contributed by atoms with Crippen molar-refractivity contribution in [2.24, 2.45) is 0 Å². The largest absolute Gasteiger partial charge is 0.445 e. The molecule has 0 spiro atoms. The molecule has 2 aromatic heterocycles. The molecule has 0 radical (unpaired) electrons. The van der Waals surface area contributed by atoms with Crippen molar-refractivity contribution in [1.82, 2.24) is 15.3 Å². The zero-order chi connectivity index (χ0) is 12.3. The second-order valence-electron chi connectivity index (χ2n) is 3.90. The number of hydrogen-bond donors (Lipinski definition) is 1. The van der Waals surface area contributed by atoms with E-state index in [-0.39, 0.29) is 11.9 Å². The smallest absolute Gasteiger partial charge is 0.208 e. The fourth-order valence-electron chi connectivity index (χ4n) is 1.51. The summed E-state index contributed by atoms with van der Waals surface area (Å²) in [6.45, 7) is 4.29. The predicted molar refractivity (Wildman–Crippen MR) is 60.7 cm³/mol. The van der Waals surface area contributed by atoms with Gasteiger partial charge in [-0.25, -0.2) is 9.37 Å². The van der Waals surface area contributed by atoms with E-state index in [1.54, 1.807) is 12.4 Å². The lowest BCUT2D eigenvalue weighted by Crippen LogP contribution is -2.18. The zero-order valence-electron chi connectivity index (χ0n) is 9.77. The normalized spacial score (nSPS) is 12.6. The molecule has 90 valence electrons. The van der Waals surface area contributed by atoms with Gasteiger partial charge in [-0.2, -0.15) is 0 Å². The van der Waals surface area contributed by atoms with Crippen molar-refractivity contribution in [1.29, 1.82) is 0 Å². The molecule has 0 saturated heterocycles. The molecule has 0 amide bonds. The number of rotatable bonds is 4. The van der Waals surface area contributed by atoms with Crippen molar-refractivity contribution in [3.05, 3.63) is 47.7 Å². The molecule has 2 aromatic rings. The van der Waals surface area contributed by atoms with Crippen molar-refractivity contribution >= 4 is 0 Å². The maximum Gasteiger partial charge on any atom is 0.208 e. The van der Waals surface area contributed by atoms with Crippen LogP contribution in [0.1, 0.15) is 30.2 Å². The van der Waals surface area contributed by atoms with Crippen molar-refractivity contribution in [2.45, 2.75) is 26.4 Å². The number of oxazole rings is 1. The Kier molecular flexibility index (Phi) is 3.49. The van der Waals surface area contributed by atoms with Gasteiger partial charge in [-0.1, -0.05) is 0 Å². The molecular formula is C12H14FN3O. The zero-order valence-corrected chi connectivity index (χ0v) is 9.77. The summed E-state index contributed by atoms with van der Waals surface area (Å²) in [4.78, 5) is 7.89. The minimum Gasteiger partial charge on any atom is -0.445 e. The van der Waals surface area contributed by atoms with Crippen molar-refractivity contribution in [3.8, 4) is 0 Å². The molecule has 4 nitrogen and oxygen atoms in total. The van der Waals surface area contributed by atoms with Gasteiger partial charge in [0.15, 0.2) is 0 Å². The summed E-state index contributed by atoms with van der Waals surface area (Å²) >= 11 is 0. The first-order chi connectivity index (χ1) is 8.15. The molecule has 2 heterocycles. The molecule has 0 bridgehead atoms. The highest BCUT2D eigenvalue weighted by molar-refractivity contribution is 5.14. The number of hydrogen-bond acceptors (Lipinski definition) is 4. The molecule has 0 aliphatic heterocycles. The third kappa shape index (κ3) is 3.10. The lowest BCUT2D eigenvalue weighted by molar-refractivity contribution is 0.431. The monoisotopic (exact) mass is 235 g/mol. The van der Waals surface area contributed by atoms with E-state index in [2.05, 4.69) is 15.3 Å². The summed E-state index contributed by atoms with van der Waals surface area (Å²) in [6.07, 6.45) is 4.50. The highest BCUT2D eigenvalue weighted by Crippen LogP contribution is 2.12. The van der Waals surface area contributed by atoms with Crippen LogP contribution in [0.15, 0.2) is 29.1 Å². The third-order valence-electron chi connectivity index (χ3n) is 2.45. The van der Waals surface area contributed by atoms with Crippen LogP contribution in [0.3, 0.4) is 0 Å². The van der Waals surface area contributed by atoms with Gasteiger partial charge >= 0.3 is 0 Å². The van der Waals surface area contributed by atoms with Crippen LogP contribution in [0.25, 0.3) is 0 Å². The fraction of sp³-hybridized carbons (Fsp3) is 0.333. The number of halogens is 1. The Morgan fingerprint density at radius 2 is 2.24 bits per heavy atom. The maximum absolute atomic E-state index is 13.0. The maximum atomic E-state index is 13.0. The minimum atomic E-state index is -0.330. The van der Waals surface area contributed by atoms with Crippen LogP contribution in [-0.2, 0) is 6.54 Å². The fourth-order valence-corrected chi connectivity index (χ4v) is 1.51. The molecule has 2 rings (SSSR count). The molecule has 1 N–H and O–H groups in total. The molecule has 1 unspecified atom stereocenters. The summed E-state index contributed by atoms with van der Waals surface area (Å²) in [5.41, 5.74) is 0.799. The molecule has 0 fully saturated rings. The van der Waals surface area contributed by atoms with E-state index in [0.717, 1.165) is 11.3 Å². The molecule has 0 aliphatic rings. The molecule has 0 aliphatic carbocycles. The number of nitrogens with one attached hydrogen (secondary N) is 1. The van der Waals surface area contributed by atoms with Gasteiger partial charge in [0.25, 0.3) is 0 Å². The summed E-state index contributed by atoms with van der Waals surface area (Å²) in [5, 5.41) is 3.19. The average molecular weight is 235 g/mol. The molecule has 0 saturated carbocycles. The van der Waals surface area contributed by atoms with E-state index in [9.17, 15) is 4.39 Å². The van der Waals surface area contributed by atoms with Gasteiger partial charge in [0.05, 0.1) is 18.9 Å². The summed E-state index contributed by atoms with van der Waals surface area (Å²) in [6, 6.07) is 1.45. The second-order valence-corrected chi connectivity index (χ2v) is 3.90. The first-order valence-electron chi connectivity index (χ1n) is 5.40. The topological polar surface area (TPSA) is 51.0 Å². The predicted octanol–water partition coefficient (Wildman–Crippen LogP) is 2.37. The Morgan fingerprint density at radius 1 is 1.41 bits per heavy atom. The van der Waals surface area contributed by atoms with Crippen molar-refractivity contribution < 1.29 is 8.81 Å². The summed E-state index contributed by atoms with van der Waals surface area (Å²) in [5.74, 6) is 1.07. The van der Waals surface area contributed by atoms with Gasteiger partial charge in [-0.15, -0.1) is 0 Å². The van der Waals surface area contributed by atoms with Gasteiger partial charge in [0, 0.05) is 12.2 Å². The Bertz CT molecular complexity index is 498. The Morgan fingerprint density at radius 3 is 2.88 bits per heavy atom. The van der Waals surface area contributed by atoms with Gasteiger partial charge in [-0.05, 0) is 25.5 Å². The molecule has 1 atom stereocenters. The summed E-state index contributed by atoms with van der Waals surface area (Å²) in [7, 11) is 0. The van der Waals surface area contributed by atoms with Crippen LogP contribution in [0.4, 0.5) is 4.39 Å². The van der Waals surface area contributed by atoms with Crippen LogP contribution in [-0.4, -0.2) is 9.97 Å². The Hall–Kier alpha value is -1.75. The first kappa shape index (κ1) is 11.7. The van der Waals surface area contributed by atoms with Crippen LogP contribution in [0.5, 0.6) is 0 Å². The van der Waals surface area contributed by atoms with Crippen LogP contribution in [0.2, 0.25) is 0 Å². The lowest BCUT2D eigenvalue weighted by Gasteiger charge is -2.12. The SMILES string of the molecule is Cc1cnc(CNC(C)c2cncc(F)c2)o1. The van der Waals surface area contributed by atoms with Crippen LogP contribution in [0, 0.1) is 12.7 Å². The first-order valence-corrected chi connectivity index (χ1v) is 5.40. The van der Waals surface area contributed by atoms with Crippen molar-refractivity contribution in [3.63, 3.8) is 0 Å².